The molecule has 0 spiro atoms. The van der Waals surface area contributed by atoms with E-state index < -0.39 is 0 Å². The third-order valence-corrected chi connectivity index (χ3v) is 4.25. The molecule has 4 heteroatoms. The summed E-state index contributed by atoms with van der Waals surface area (Å²) in [6.07, 6.45) is 2.36. The molecule has 0 aliphatic carbocycles. The molecule has 2 rings (SSSR count). The molecule has 1 aromatic heterocycles. The van der Waals surface area contributed by atoms with Gasteiger partial charge >= 0.3 is 0 Å². The van der Waals surface area contributed by atoms with Crippen LogP contribution in [-0.2, 0) is 0 Å². The first-order valence-corrected chi connectivity index (χ1v) is 7.13. The Labute approximate surface area is 107 Å². The molecule has 1 N–H and O–H groups in total. The van der Waals surface area contributed by atoms with E-state index in [4.69, 9.17) is 0 Å². The summed E-state index contributed by atoms with van der Waals surface area (Å²) in [7, 11) is 1.98. The molecule has 0 aromatic carbocycles. The molecule has 1 amide bonds. The van der Waals surface area contributed by atoms with Crippen LogP contribution in [-0.4, -0.2) is 37.5 Å². The minimum Gasteiger partial charge on any atom is -0.338 e. The molecule has 0 bridgehead atoms. The van der Waals surface area contributed by atoms with E-state index in [1.54, 1.807) is 11.3 Å². The van der Waals surface area contributed by atoms with E-state index in [9.17, 15) is 4.79 Å². The summed E-state index contributed by atoms with van der Waals surface area (Å²) < 4.78 is 0. The molecule has 2 heterocycles. The number of hydrogen-bond acceptors (Lipinski definition) is 3. The second kappa shape index (κ2) is 5.65. The van der Waals surface area contributed by atoms with E-state index in [1.165, 1.54) is 6.42 Å². The van der Waals surface area contributed by atoms with Gasteiger partial charge in [-0.2, -0.15) is 11.3 Å². The summed E-state index contributed by atoms with van der Waals surface area (Å²) in [5.74, 6) is 0.821. The maximum Gasteiger partial charge on any atom is 0.254 e. The van der Waals surface area contributed by atoms with E-state index >= 15 is 0 Å². The zero-order valence-corrected chi connectivity index (χ0v) is 11.3. The van der Waals surface area contributed by atoms with Crippen LogP contribution in [0.2, 0.25) is 0 Å². The van der Waals surface area contributed by atoms with Gasteiger partial charge in [-0.05, 0) is 50.2 Å². The van der Waals surface area contributed by atoms with Crippen molar-refractivity contribution in [2.45, 2.75) is 19.8 Å². The molecule has 3 nitrogen and oxygen atoms in total. The standard InChI is InChI=1S/C13H20N2OS/c1-10-8-17-9-12(10)13(16)15-5-3-4-11(7-15)6-14-2/h8-9,11,14H,3-7H2,1-2H3. The lowest BCUT2D eigenvalue weighted by atomic mass is 9.97. The van der Waals surface area contributed by atoms with Crippen LogP contribution in [0.5, 0.6) is 0 Å². The van der Waals surface area contributed by atoms with Crippen molar-refractivity contribution >= 4 is 17.2 Å². The van der Waals surface area contributed by atoms with Gasteiger partial charge < -0.3 is 10.2 Å². The number of carbonyl (C=O) groups excluding carboxylic acids is 1. The Morgan fingerprint density at radius 3 is 3.06 bits per heavy atom. The van der Waals surface area contributed by atoms with Gasteiger partial charge in [0, 0.05) is 18.5 Å². The first-order chi connectivity index (χ1) is 8.22. The number of aryl methyl sites for hydroxylation is 1. The Morgan fingerprint density at radius 2 is 2.41 bits per heavy atom. The van der Waals surface area contributed by atoms with Crippen LogP contribution in [0, 0.1) is 12.8 Å². The smallest absolute Gasteiger partial charge is 0.254 e. The van der Waals surface area contributed by atoms with Gasteiger partial charge in [0.2, 0.25) is 0 Å². The van der Waals surface area contributed by atoms with Crippen molar-refractivity contribution in [2.24, 2.45) is 5.92 Å². The van der Waals surface area contributed by atoms with Crippen molar-refractivity contribution < 1.29 is 4.79 Å². The highest BCUT2D eigenvalue weighted by atomic mass is 32.1. The van der Waals surface area contributed by atoms with Crippen LogP contribution in [0.25, 0.3) is 0 Å². The van der Waals surface area contributed by atoms with E-state index in [2.05, 4.69) is 5.32 Å². The van der Waals surface area contributed by atoms with Crippen LogP contribution in [0.4, 0.5) is 0 Å². The monoisotopic (exact) mass is 252 g/mol. The average molecular weight is 252 g/mol. The molecule has 1 atom stereocenters. The lowest BCUT2D eigenvalue weighted by Gasteiger charge is -2.32. The van der Waals surface area contributed by atoms with Crippen LogP contribution >= 0.6 is 11.3 Å². The van der Waals surface area contributed by atoms with Crippen molar-refractivity contribution in [1.82, 2.24) is 10.2 Å². The van der Waals surface area contributed by atoms with Crippen LogP contribution < -0.4 is 5.32 Å². The lowest BCUT2D eigenvalue weighted by Crippen LogP contribution is -2.42. The van der Waals surface area contributed by atoms with Gasteiger partial charge in [0.25, 0.3) is 5.91 Å². The second-order valence-electron chi connectivity index (χ2n) is 4.79. The van der Waals surface area contributed by atoms with Gasteiger partial charge in [0.05, 0.1) is 5.56 Å². The summed E-state index contributed by atoms with van der Waals surface area (Å²) in [6.45, 7) is 4.83. The molecule has 17 heavy (non-hydrogen) atoms. The molecule has 1 aliphatic rings. The first kappa shape index (κ1) is 12.6. The zero-order chi connectivity index (χ0) is 12.3. The van der Waals surface area contributed by atoms with Crippen molar-refractivity contribution in [1.29, 1.82) is 0 Å². The van der Waals surface area contributed by atoms with Gasteiger partial charge in [-0.1, -0.05) is 0 Å². The summed E-state index contributed by atoms with van der Waals surface area (Å²) in [5.41, 5.74) is 2.00. The molecule has 1 unspecified atom stereocenters. The van der Waals surface area contributed by atoms with Crippen LogP contribution in [0.15, 0.2) is 10.8 Å². The minimum absolute atomic E-state index is 0.213. The fourth-order valence-corrected chi connectivity index (χ4v) is 3.28. The molecule has 1 aliphatic heterocycles. The Hall–Kier alpha value is -0.870. The Morgan fingerprint density at radius 1 is 1.59 bits per heavy atom. The molecule has 94 valence electrons. The Balaban J connectivity index is 2.02. The lowest BCUT2D eigenvalue weighted by molar-refractivity contribution is 0.0674. The highest BCUT2D eigenvalue weighted by Crippen LogP contribution is 2.21. The van der Waals surface area contributed by atoms with Gasteiger partial charge in [-0.25, -0.2) is 0 Å². The summed E-state index contributed by atoms with van der Waals surface area (Å²) in [4.78, 5) is 14.4. The highest BCUT2D eigenvalue weighted by molar-refractivity contribution is 7.08. The van der Waals surface area contributed by atoms with E-state index in [1.807, 2.05) is 29.6 Å². The van der Waals surface area contributed by atoms with Gasteiger partial charge in [-0.15, -0.1) is 0 Å². The predicted molar refractivity (Wildman–Crippen MR) is 71.6 cm³/mol. The fourth-order valence-electron chi connectivity index (χ4n) is 2.45. The maximum absolute atomic E-state index is 12.3. The number of piperidine rings is 1. The fraction of sp³-hybridized carbons (Fsp3) is 0.615. The quantitative estimate of drug-likeness (QED) is 0.894. The van der Waals surface area contributed by atoms with Gasteiger partial charge in [-0.3, -0.25) is 4.79 Å². The first-order valence-electron chi connectivity index (χ1n) is 6.19. The number of likely N-dealkylation sites (tertiary alicyclic amines) is 1. The number of carbonyl (C=O) groups is 1. The largest absolute Gasteiger partial charge is 0.338 e. The van der Waals surface area contributed by atoms with E-state index in [0.717, 1.165) is 37.2 Å². The third kappa shape index (κ3) is 2.87. The molecule has 1 fully saturated rings. The number of nitrogens with one attached hydrogen (secondary N) is 1. The van der Waals surface area contributed by atoms with Crippen LogP contribution in [0.3, 0.4) is 0 Å². The average Bonchev–Trinajstić information content (AvgIpc) is 2.75. The number of hydrogen-bond donors (Lipinski definition) is 1. The molecular weight excluding hydrogens is 232 g/mol. The summed E-state index contributed by atoms with van der Waals surface area (Å²) in [6, 6.07) is 0. The second-order valence-corrected chi connectivity index (χ2v) is 5.53. The topological polar surface area (TPSA) is 32.3 Å². The van der Waals surface area contributed by atoms with Crippen molar-refractivity contribution in [2.75, 3.05) is 26.7 Å². The summed E-state index contributed by atoms with van der Waals surface area (Å²) >= 11 is 1.61. The molecule has 0 saturated carbocycles. The maximum atomic E-state index is 12.3. The third-order valence-electron chi connectivity index (χ3n) is 3.38. The number of nitrogens with zero attached hydrogens (tertiary/aromatic N) is 1. The minimum atomic E-state index is 0.213. The SMILES string of the molecule is CNCC1CCCN(C(=O)c2cscc2C)C1. The predicted octanol–water partition coefficient (Wildman–Crippen LogP) is 2.13. The number of rotatable bonds is 3. The summed E-state index contributed by atoms with van der Waals surface area (Å²) in [5, 5.41) is 7.22. The Kier molecular flexibility index (Phi) is 4.18. The highest BCUT2D eigenvalue weighted by Gasteiger charge is 2.24. The van der Waals surface area contributed by atoms with E-state index in [0.29, 0.717) is 5.92 Å². The van der Waals surface area contributed by atoms with Crippen molar-refractivity contribution in [3.8, 4) is 0 Å². The number of amides is 1. The van der Waals surface area contributed by atoms with Gasteiger partial charge in [0.15, 0.2) is 0 Å². The van der Waals surface area contributed by atoms with E-state index in [-0.39, 0.29) is 5.91 Å². The van der Waals surface area contributed by atoms with Crippen LogP contribution in [0.1, 0.15) is 28.8 Å². The molecule has 1 saturated heterocycles. The normalized spacial score (nSPS) is 20.6. The zero-order valence-electron chi connectivity index (χ0n) is 10.5. The van der Waals surface area contributed by atoms with Crippen molar-refractivity contribution in [3.05, 3.63) is 21.9 Å². The number of thiophene rings is 1. The Bertz CT molecular complexity index is 387. The van der Waals surface area contributed by atoms with Crippen molar-refractivity contribution in [3.63, 3.8) is 0 Å². The molecule has 0 radical (unpaired) electrons. The molecular formula is C13H20N2OS. The molecule has 1 aromatic rings. The van der Waals surface area contributed by atoms with Gasteiger partial charge in [0.1, 0.15) is 0 Å².